The lowest BCUT2D eigenvalue weighted by Gasteiger charge is -2.27. The van der Waals surface area contributed by atoms with Crippen molar-refractivity contribution in [1.82, 2.24) is 16.0 Å². The van der Waals surface area contributed by atoms with E-state index < -0.39 is 84.7 Å². The molecule has 0 radical (unpaired) electrons. The van der Waals surface area contributed by atoms with Crippen molar-refractivity contribution < 1.29 is 49.2 Å². The zero-order valence-electron chi connectivity index (χ0n) is 17.9. The molecule has 14 nitrogen and oxygen atoms in total. The van der Waals surface area contributed by atoms with Crippen LogP contribution in [0.15, 0.2) is 0 Å². The van der Waals surface area contributed by atoms with E-state index >= 15 is 0 Å². The summed E-state index contributed by atoms with van der Waals surface area (Å²) < 4.78 is 0. The molecule has 32 heavy (non-hydrogen) atoms. The topological polar surface area (TPSA) is 245 Å². The number of carbonyl (C=O) groups excluding carboxylic acids is 3. The van der Waals surface area contributed by atoms with Crippen molar-refractivity contribution in [1.29, 1.82) is 0 Å². The van der Waals surface area contributed by atoms with E-state index in [0.29, 0.717) is 0 Å². The summed E-state index contributed by atoms with van der Waals surface area (Å²) >= 11 is 0. The molecular formula is C18H30N4O10. The number of nitrogens with two attached hydrogens (primary N) is 1. The van der Waals surface area contributed by atoms with Gasteiger partial charge >= 0.3 is 17.9 Å². The van der Waals surface area contributed by atoms with Gasteiger partial charge in [0.1, 0.15) is 12.1 Å². The van der Waals surface area contributed by atoms with Crippen molar-refractivity contribution in [3.05, 3.63) is 0 Å². The summed E-state index contributed by atoms with van der Waals surface area (Å²) in [6, 6.07) is -5.93. The van der Waals surface area contributed by atoms with Crippen LogP contribution in [0.2, 0.25) is 0 Å². The molecule has 0 aromatic carbocycles. The molecule has 14 heteroatoms. The Morgan fingerprint density at radius 1 is 0.781 bits per heavy atom. The van der Waals surface area contributed by atoms with Crippen LogP contribution in [0.5, 0.6) is 0 Å². The van der Waals surface area contributed by atoms with Crippen LogP contribution in [-0.2, 0) is 28.8 Å². The molecule has 0 aliphatic heterocycles. The van der Waals surface area contributed by atoms with Gasteiger partial charge < -0.3 is 42.1 Å². The Bertz CT molecular complexity index is 725. The largest absolute Gasteiger partial charge is 0.481 e. The summed E-state index contributed by atoms with van der Waals surface area (Å²) in [6.45, 7) is 4.19. The van der Waals surface area contributed by atoms with Crippen LogP contribution in [0.4, 0.5) is 0 Å². The number of amides is 3. The normalized spacial score (nSPS) is 15.6. The van der Waals surface area contributed by atoms with Gasteiger partial charge in [-0.15, -0.1) is 0 Å². The zero-order chi connectivity index (χ0) is 25.2. The Balaban J connectivity index is 5.41. The van der Waals surface area contributed by atoms with Crippen molar-refractivity contribution in [2.45, 2.75) is 70.3 Å². The molecule has 0 saturated carbocycles. The molecule has 0 bridgehead atoms. The second-order valence-corrected chi connectivity index (χ2v) is 7.49. The minimum atomic E-state index is -1.65. The van der Waals surface area contributed by atoms with Gasteiger partial charge in [-0.2, -0.15) is 0 Å². The fourth-order valence-electron chi connectivity index (χ4n) is 2.49. The second kappa shape index (κ2) is 13.2. The van der Waals surface area contributed by atoms with Crippen LogP contribution in [0.3, 0.4) is 0 Å². The fourth-order valence-corrected chi connectivity index (χ4v) is 2.49. The van der Waals surface area contributed by atoms with Gasteiger partial charge in [0, 0.05) is 6.42 Å². The molecule has 5 unspecified atom stereocenters. The molecule has 9 N–H and O–H groups in total. The van der Waals surface area contributed by atoms with E-state index in [1.54, 1.807) is 0 Å². The van der Waals surface area contributed by atoms with Crippen LogP contribution >= 0.6 is 0 Å². The predicted molar refractivity (Wildman–Crippen MR) is 107 cm³/mol. The van der Waals surface area contributed by atoms with Crippen molar-refractivity contribution in [2.75, 3.05) is 0 Å². The second-order valence-electron chi connectivity index (χ2n) is 7.49. The number of hydrogen-bond donors (Lipinski definition) is 8. The van der Waals surface area contributed by atoms with Crippen LogP contribution in [-0.4, -0.2) is 86.3 Å². The number of carboxylic acid groups (broad SMARTS) is 3. The summed E-state index contributed by atoms with van der Waals surface area (Å²) in [7, 11) is 0. The molecule has 0 aliphatic carbocycles. The highest BCUT2D eigenvalue weighted by Crippen LogP contribution is 2.06. The number of aliphatic hydroxyl groups excluding tert-OH is 1. The van der Waals surface area contributed by atoms with Gasteiger partial charge in [-0.05, 0) is 19.3 Å². The van der Waals surface area contributed by atoms with Crippen LogP contribution < -0.4 is 21.7 Å². The smallest absolute Gasteiger partial charge is 0.328 e. The molecule has 182 valence electrons. The van der Waals surface area contributed by atoms with E-state index in [4.69, 9.17) is 21.1 Å². The minimum absolute atomic E-state index is 0.254. The summed E-state index contributed by atoms with van der Waals surface area (Å²) in [6.07, 6.45) is -2.98. The van der Waals surface area contributed by atoms with Crippen molar-refractivity contribution in [3.8, 4) is 0 Å². The van der Waals surface area contributed by atoms with Crippen LogP contribution in [0, 0.1) is 5.92 Å². The Labute approximate surface area is 183 Å². The number of rotatable bonds is 14. The van der Waals surface area contributed by atoms with Crippen molar-refractivity contribution >= 4 is 35.6 Å². The lowest BCUT2D eigenvalue weighted by molar-refractivity contribution is -0.146. The number of nitrogens with one attached hydrogen (secondary N) is 3. The summed E-state index contributed by atoms with van der Waals surface area (Å²) in [5.41, 5.74) is 5.56. The first-order valence-electron chi connectivity index (χ1n) is 9.68. The molecule has 0 rings (SSSR count). The summed E-state index contributed by atoms with van der Waals surface area (Å²) in [4.78, 5) is 70.1. The van der Waals surface area contributed by atoms with Gasteiger partial charge in [0.05, 0.1) is 18.6 Å². The monoisotopic (exact) mass is 462 g/mol. The number of hydrogen-bond acceptors (Lipinski definition) is 8. The molecule has 3 amide bonds. The quantitative estimate of drug-likeness (QED) is 0.131. The standard InChI is InChI=1S/C18H30N4O10/c1-7(2)13(17(30)22-14(8(3)23)18(31)32)21-16(29)10(6-12(26)27)20-15(28)9(19)4-5-11(24)25/h7-10,13-14,23H,4-6,19H2,1-3H3,(H,20,28)(H,21,29)(H,22,30)(H,24,25)(H,26,27)(H,31,32). The number of aliphatic hydroxyl groups is 1. The number of carboxylic acids is 3. The predicted octanol–water partition coefficient (Wildman–Crippen LogP) is -2.77. The summed E-state index contributed by atoms with van der Waals surface area (Å²) in [5.74, 6) is -7.69. The Morgan fingerprint density at radius 3 is 1.72 bits per heavy atom. The fraction of sp³-hybridized carbons (Fsp3) is 0.667. The van der Waals surface area contributed by atoms with E-state index in [-0.39, 0.29) is 6.42 Å². The third-order valence-corrected chi connectivity index (χ3v) is 4.31. The van der Waals surface area contributed by atoms with Crippen molar-refractivity contribution in [2.24, 2.45) is 11.7 Å². The van der Waals surface area contributed by atoms with E-state index in [9.17, 15) is 33.9 Å². The first-order chi connectivity index (χ1) is 14.7. The van der Waals surface area contributed by atoms with E-state index in [0.717, 1.165) is 6.92 Å². The van der Waals surface area contributed by atoms with E-state index in [1.807, 2.05) is 0 Å². The Morgan fingerprint density at radius 2 is 1.31 bits per heavy atom. The first kappa shape index (κ1) is 28.7. The van der Waals surface area contributed by atoms with Crippen molar-refractivity contribution in [3.63, 3.8) is 0 Å². The average molecular weight is 462 g/mol. The molecule has 0 fully saturated rings. The highest BCUT2D eigenvalue weighted by molar-refractivity contribution is 5.95. The molecule has 0 aliphatic rings. The Hall–Kier alpha value is -3.26. The Kier molecular flexibility index (Phi) is 11.9. The number of aliphatic carboxylic acids is 3. The van der Waals surface area contributed by atoms with Gasteiger partial charge in [0.2, 0.25) is 17.7 Å². The number of carbonyl (C=O) groups is 6. The maximum atomic E-state index is 12.6. The van der Waals surface area contributed by atoms with Gasteiger partial charge in [0.25, 0.3) is 0 Å². The van der Waals surface area contributed by atoms with E-state index in [2.05, 4.69) is 16.0 Å². The van der Waals surface area contributed by atoms with E-state index in [1.165, 1.54) is 13.8 Å². The molecular weight excluding hydrogens is 432 g/mol. The van der Waals surface area contributed by atoms with Crippen LogP contribution in [0.25, 0.3) is 0 Å². The minimum Gasteiger partial charge on any atom is -0.481 e. The van der Waals surface area contributed by atoms with Gasteiger partial charge in [-0.3, -0.25) is 24.0 Å². The van der Waals surface area contributed by atoms with Crippen LogP contribution in [0.1, 0.15) is 40.0 Å². The van der Waals surface area contributed by atoms with Gasteiger partial charge in [0.15, 0.2) is 6.04 Å². The highest BCUT2D eigenvalue weighted by atomic mass is 16.4. The third kappa shape index (κ3) is 10.2. The lowest BCUT2D eigenvalue weighted by Crippen LogP contribution is -2.59. The maximum absolute atomic E-state index is 12.6. The molecule has 0 saturated heterocycles. The zero-order valence-corrected chi connectivity index (χ0v) is 17.9. The summed E-state index contributed by atoms with van der Waals surface area (Å²) in [5, 5.41) is 42.7. The third-order valence-electron chi connectivity index (χ3n) is 4.31. The molecule has 5 atom stereocenters. The van der Waals surface area contributed by atoms with Gasteiger partial charge in [-0.25, -0.2) is 4.79 Å². The highest BCUT2D eigenvalue weighted by Gasteiger charge is 2.34. The molecule has 0 aromatic heterocycles. The molecule has 0 heterocycles. The lowest BCUT2D eigenvalue weighted by atomic mass is 10.0. The first-order valence-corrected chi connectivity index (χ1v) is 9.68. The average Bonchev–Trinajstić information content (AvgIpc) is 2.65. The van der Waals surface area contributed by atoms with Gasteiger partial charge in [-0.1, -0.05) is 13.8 Å². The SMILES string of the molecule is CC(C)C(NC(=O)C(CC(=O)O)NC(=O)C(N)CCC(=O)O)C(=O)NC(C(=O)O)C(C)O. The maximum Gasteiger partial charge on any atom is 0.328 e. The molecule has 0 spiro atoms. The molecule has 0 aromatic rings.